The van der Waals surface area contributed by atoms with Crippen LogP contribution in [0.25, 0.3) is 0 Å². The molecule has 1 unspecified atom stereocenters. The third kappa shape index (κ3) is 3.44. The highest BCUT2D eigenvalue weighted by Crippen LogP contribution is 2.33. The average Bonchev–Trinajstić information content (AvgIpc) is 2.84. The first-order chi connectivity index (χ1) is 8.81. The summed E-state index contributed by atoms with van der Waals surface area (Å²) < 4.78 is 4.93. The average molecular weight is 249 g/mol. The topological polar surface area (TPSA) is 38.7 Å². The van der Waals surface area contributed by atoms with Gasteiger partial charge < -0.3 is 4.74 Å². The number of carbonyl (C=O) groups excluding carboxylic acids is 1. The van der Waals surface area contributed by atoms with Crippen LogP contribution < -0.4 is 0 Å². The Balaban J connectivity index is 1.67. The second-order valence-electron chi connectivity index (χ2n) is 5.09. The number of nitrogens with zero attached hydrogens (tertiary/aromatic N) is 1. The fourth-order valence-corrected chi connectivity index (χ4v) is 2.95. The zero-order valence-electron chi connectivity index (χ0n) is 11.3. The van der Waals surface area contributed by atoms with E-state index in [2.05, 4.69) is 11.1 Å². The molecular weight excluding hydrogens is 226 g/mol. The van der Waals surface area contributed by atoms with Gasteiger partial charge in [0.1, 0.15) is 0 Å². The van der Waals surface area contributed by atoms with Crippen LogP contribution in [0.15, 0.2) is 16.6 Å². The molecule has 100 valence electrons. The monoisotopic (exact) mass is 249 g/mol. The normalized spacial score (nSPS) is 22.2. The summed E-state index contributed by atoms with van der Waals surface area (Å²) in [6, 6.07) is 0. The standard InChI is InChI=1S/C15H23NO2/c1-2-18-15(17)9-4-3-6-12-7-5-8-14-13(12)10-11-16-14/h10,12H,2-9,11H2,1H3. The van der Waals surface area contributed by atoms with Gasteiger partial charge in [-0.3, -0.25) is 9.79 Å². The van der Waals surface area contributed by atoms with E-state index in [4.69, 9.17) is 4.74 Å². The number of unbranched alkanes of at least 4 members (excludes halogenated alkanes) is 1. The minimum Gasteiger partial charge on any atom is -0.466 e. The van der Waals surface area contributed by atoms with Crippen molar-refractivity contribution in [1.82, 2.24) is 0 Å². The predicted molar refractivity (Wildman–Crippen MR) is 72.8 cm³/mol. The summed E-state index contributed by atoms with van der Waals surface area (Å²) in [5.41, 5.74) is 2.87. The molecule has 0 spiro atoms. The molecule has 0 amide bonds. The number of allylic oxidation sites excluding steroid dienone is 1. The van der Waals surface area contributed by atoms with Gasteiger partial charge in [0.25, 0.3) is 0 Å². The number of aliphatic imine (C=N–C) groups is 1. The van der Waals surface area contributed by atoms with Crippen LogP contribution in [0, 0.1) is 5.92 Å². The van der Waals surface area contributed by atoms with Crippen molar-refractivity contribution >= 4 is 11.7 Å². The lowest BCUT2D eigenvalue weighted by atomic mass is 9.80. The quantitative estimate of drug-likeness (QED) is 0.535. The molecule has 0 aromatic carbocycles. The number of carbonyl (C=O) groups is 1. The second kappa shape index (κ2) is 6.72. The summed E-state index contributed by atoms with van der Waals surface area (Å²) in [6.45, 7) is 3.24. The molecule has 1 aliphatic carbocycles. The van der Waals surface area contributed by atoms with Crippen molar-refractivity contribution in [2.75, 3.05) is 13.2 Å². The highest BCUT2D eigenvalue weighted by atomic mass is 16.5. The maximum atomic E-state index is 11.2. The molecule has 2 rings (SSSR count). The Hall–Kier alpha value is -1.12. The molecule has 3 heteroatoms. The maximum Gasteiger partial charge on any atom is 0.305 e. The predicted octanol–water partition coefficient (Wildman–Crippen LogP) is 3.29. The highest BCUT2D eigenvalue weighted by Gasteiger charge is 2.25. The van der Waals surface area contributed by atoms with E-state index in [0.717, 1.165) is 19.4 Å². The summed E-state index contributed by atoms with van der Waals surface area (Å²) in [5.74, 6) is 0.644. The van der Waals surface area contributed by atoms with Crippen LogP contribution >= 0.6 is 0 Å². The Bertz CT molecular complexity index is 358. The van der Waals surface area contributed by atoms with Crippen molar-refractivity contribution in [3.63, 3.8) is 0 Å². The van der Waals surface area contributed by atoms with Gasteiger partial charge in [-0.2, -0.15) is 0 Å². The molecule has 0 radical (unpaired) electrons. The lowest BCUT2D eigenvalue weighted by molar-refractivity contribution is -0.143. The van der Waals surface area contributed by atoms with Crippen molar-refractivity contribution < 1.29 is 9.53 Å². The molecule has 0 aromatic heterocycles. The summed E-state index contributed by atoms with van der Waals surface area (Å²) in [7, 11) is 0. The van der Waals surface area contributed by atoms with Gasteiger partial charge in [0.05, 0.1) is 13.2 Å². The summed E-state index contributed by atoms with van der Waals surface area (Å²) in [4.78, 5) is 15.8. The second-order valence-corrected chi connectivity index (χ2v) is 5.09. The van der Waals surface area contributed by atoms with Crippen LogP contribution in [-0.4, -0.2) is 24.8 Å². The first-order valence-electron chi connectivity index (χ1n) is 7.20. The number of rotatable bonds is 6. The first-order valence-corrected chi connectivity index (χ1v) is 7.20. The Kier molecular flexibility index (Phi) is 4.97. The molecule has 0 saturated heterocycles. The molecule has 18 heavy (non-hydrogen) atoms. The molecule has 3 nitrogen and oxygen atoms in total. The van der Waals surface area contributed by atoms with Crippen molar-refractivity contribution in [2.45, 2.75) is 51.9 Å². The van der Waals surface area contributed by atoms with Gasteiger partial charge in [-0.25, -0.2) is 0 Å². The van der Waals surface area contributed by atoms with Crippen LogP contribution in [0.3, 0.4) is 0 Å². The molecule has 2 aliphatic rings. The molecule has 0 aromatic rings. The smallest absolute Gasteiger partial charge is 0.305 e. The molecular formula is C15H23NO2. The van der Waals surface area contributed by atoms with E-state index in [1.165, 1.54) is 37.0 Å². The van der Waals surface area contributed by atoms with Gasteiger partial charge in [0.15, 0.2) is 0 Å². The van der Waals surface area contributed by atoms with Crippen molar-refractivity contribution in [3.05, 3.63) is 11.6 Å². The lowest BCUT2D eigenvalue weighted by Gasteiger charge is -2.24. The van der Waals surface area contributed by atoms with E-state index in [1.54, 1.807) is 0 Å². The van der Waals surface area contributed by atoms with E-state index in [1.807, 2.05) is 6.92 Å². The van der Waals surface area contributed by atoms with E-state index in [-0.39, 0.29) is 5.97 Å². The Morgan fingerprint density at radius 1 is 1.50 bits per heavy atom. The van der Waals surface area contributed by atoms with E-state index in [0.29, 0.717) is 18.9 Å². The minimum atomic E-state index is -0.0523. The van der Waals surface area contributed by atoms with Gasteiger partial charge in [-0.1, -0.05) is 12.5 Å². The Morgan fingerprint density at radius 2 is 2.39 bits per heavy atom. The molecule has 1 saturated carbocycles. The molecule has 0 bridgehead atoms. The van der Waals surface area contributed by atoms with Gasteiger partial charge in [-0.05, 0) is 50.5 Å². The lowest BCUT2D eigenvalue weighted by Crippen LogP contribution is -2.17. The van der Waals surface area contributed by atoms with Gasteiger partial charge in [0.2, 0.25) is 0 Å². The minimum absolute atomic E-state index is 0.0523. The SMILES string of the molecule is CCOC(=O)CCCCC1CCCC2=NCC=C21. The Morgan fingerprint density at radius 3 is 3.22 bits per heavy atom. The zero-order valence-corrected chi connectivity index (χ0v) is 11.3. The van der Waals surface area contributed by atoms with E-state index in [9.17, 15) is 4.79 Å². The molecule has 0 N–H and O–H groups in total. The van der Waals surface area contributed by atoms with Crippen LogP contribution in [0.1, 0.15) is 51.9 Å². The van der Waals surface area contributed by atoms with Crippen LogP contribution in [0.5, 0.6) is 0 Å². The fourth-order valence-electron chi connectivity index (χ4n) is 2.95. The first kappa shape index (κ1) is 13.3. The molecule has 1 fully saturated rings. The van der Waals surface area contributed by atoms with E-state index >= 15 is 0 Å². The summed E-state index contributed by atoms with van der Waals surface area (Å²) in [5, 5.41) is 0. The van der Waals surface area contributed by atoms with Crippen molar-refractivity contribution in [1.29, 1.82) is 0 Å². The van der Waals surface area contributed by atoms with Crippen LogP contribution in [-0.2, 0) is 9.53 Å². The zero-order chi connectivity index (χ0) is 12.8. The number of esters is 1. The van der Waals surface area contributed by atoms with Gasteiger partial charge in [0, 0.05) is 12.1 Å². The third-order valence-corrected chi connectivity index (χ3v) is 3.82. The highest BCUT2D eigenvalue weighted by molar-refractivity contribution is 6.02. The van der Waals surface area contributed by atoms with Crippen LogP contribution in [0.2, 0.25) is 0 Å². The van der Waals surface area contributed by atoms with Gasteiger partial charge >= 0.3 is 5.97 Å². The van der Waals surface area contributed by atoms with Crippen LogP contribution in [0.4, 0.5) is 0 Å². The Labute approximate surface area is 109 Å². The van der Waals surface area contributed by atoms with Crippen molar-refractivity contribution in [2.24, 2.45) is 10.9 Å². The maximum absolute atomic E-state index is 11.2. The molecule has 1 aliphatic heterocycles. The number of hydrogen-bond donors (Lipinski definition) is 0. The fraction of sp³-hybridized carbons (Fsp3) is 0.733. The largest absolute Gasteiger partial charge is 0.466 e. The third-order valence-electron chi connectivity index (χ3n) is 3.82. The van der Waals surface area contributed by atoms with Crippen molar-refractivity contribution in [3.8, 4) is 0 Å². The number of hydrogen-bond acceptors (Lipinski definition) is 3. The number of fused-ring (bicyclic) bond motifs is 1. The number of ether oxygens (including phenoxy) is 1. The van der Waals surface area contributed by atoms with Gasteiger partial charge in [-0.15, -0.1) is 0 Å². The van der Waals surface area contributed by atoms with E-state index < -0.39 is 0 Å². The summed E-state index contributed by atoms with van der Waals surface area (Å²) in [6.07, 6.45) is 9.88. The summed E-state index contributed by atoms with van der Waals surface area (Å²) >= 11 is 0. The molecule has 1 heterocycles. The molecule has 1 atom stereocenters.